The third kappa shape index (κ3) is 4.64. The van der Waals surface area contributed by atoms with Crippen molar-refractivity contribution in [1.82, 2.24) is 5.32 Å². The van der Waals surface area contributed by atoms with Gasteiger partial charge in [-0.15, -0.1) is 0 Å². The fourth-order valence-corrected chi connectivity index (χ4v) is 2.04. The minimum absolute atomic E-state index is 0.255. The van der Waals surface area contributed by atoms with Crippen molar-refractivity contribution < 1.29 is 4.79 Å². The molecule has 1 aliphatic carbocycles. The maximum absolute atomic E-state index is 11.5. The van der Waals surface area contributed by atoms with Gasteiger partial charge >= 0.3 is 0 Å². The molecule has 0 aliphatic heterocycles. The largest absolute Gasteiger partial charge is 0.356 e. The molecule has 2 heteroatoms. The first kappa shape index (κ1) is 11.5. The Morgan fingerprint density at radius 3 is 2.50 bits per heavy atom. The van der Waals surface area contributed by atoms with Gasteiger partial charge in [-0.2, -0.15) is 0 Å². The van der Waals surface area contributed by atoms with Gasteiger partial charge in [0.05, 0.1) is 0 Å². The predicted octanol–water partition coefficient (Wildman–Crippen LogP) is 2.73. The van der Waals surface area contributed by atoms with E-state index in [1.807, 2.05) is 0 Å². The van der Waals surface area contributed by atoms with Gasteiger partial charge in [-0.05, 0) is 24.7 Å². The molecule has 2 nitrogen and oxygen atoms in total. The van der Waals surface area contributed by atoms with Gasteiger partial charge < -0.3 is 5.32 Å². The maximum Gasteiger partial charge on any atom is 0.220 e. The molecule has 0 aromatic rings. The molecule has 0 heterocycles. The molecule has 0 unspecified atom stereocenters. The van der Waals surface area contributed by atoms with Crippen LogP contribution < -0.4 is 5.32 Å². The van der Waals surface area contributed by atoms with Crippen molar-refractivity contribution in [3.63, 3.8) is 0 Å². The van der Waals surface area contributed by atoms with Crippen LogP contribution in [0.25, 0.3) is 0 Å². The van der Waals surface area contributed by atoms with E-state index in [0.717, 1.165) is 13.0 Å². The van der Waals surface area contributed by atoms with Crippen LogP contribution in [0.4, 0.5) is 0 Å². The molecule has 0 aromatic carbocycles. The van der Waals surface area contributed by atoms with Crippen molar-refractivity contribution >= 4 is 5.91 Å². The van der Waals surface area contributed by atoms with Crippen molar-refractivity contribution in [2.24, 2.45) is 11.8 Å². The van der Waals surface area contributed by atoms with E-state index in [0.29, 0.717) is 11.8 Å². The lowest BCUT2D eigenvalue weighted by atomic mass is 9.87. The Kier molecular flexibility index (Phi) is 4.99. The molecule has 1 fully saturated rings. The van der Waals surface area contributed by atoms with E-state index < -0.39 is 0 Å². The van der Waals surface area contributed by atoms with Gasteiger partial charge in [-0.1, -0.05) is 33.1 Å². The van der Waals surface area contributed by atoms with Gasteiger partial charge in [0, 0.05) is 13.0 Å². The van der Waals surface area contributed by atoms with Gasteiger partial charge in [-0.25, -0.2) is 0 Å². The monoisotopic (exact) mass is 197 g/mol. The van der Waals surface area contributed by atoms with Crippen molar-refractivity contribution in [1.29, 1.82) is 0 Å². The Balaban J connectivity index is 2.12. The summed E-state index contributed by atoms with van der Waals surface area (Å²) >= 11 is 0. The zero-order valence-electron chi connectivity index (χ0n) is 9.51. The van der Waals surface area contributed by atoms with Crippen molar-refractivity contribution in [3.05, 3.63) is 0 Å². The first-order valence-corrected chi connectivity index (χ1v) is 5.95. The van der Waals surface area contributed by atoms with E-state index in [1.54, 1.807) is 0 Å². The second-order valence-corrected chi connectivity index (χ2v) is 4.91. The lowest BCUT2D eigenvalue weighted by Crippen LogP contribution is -2.29. The molecule has 1 rings (SSSR count). The summed E-state index contributed by atoms with van der Waals surface area (Å²) in [5, 5.41) is 2.99. The molecule has 1 N–H and O–H groups in total. The van der Waals surface area contributed by atoms with Crippen LogP contribution >= 0.6 is 0 Å². The van der Waals surface area contributed by atoms with Crippen molar-refractivity contribution in [3.8, 4) is 0 Å². The van der Waals surface area contributed by atoms with Gasteiger partial charge in [0.2, 0.25) is 5.91 Å². The highest BCUT2D eigenvalue weighted by atomic mass is 16.1. The molecule has 1 aliphatic rings. The molecule has 0 radical (unpaired) electrons. The summed E-state index contributed by atoms with van der Waals surface area (Å²) in [4.78, 5) is 11.5. The summed E-state index contributed by atoms with van der Waals surface area (Å²) in [5.41, 5.74) is 0. The topological polar surface area (TPSA) is 29.1 Å². The van der Waals surface area contributed by atoms with E-state index >= 15 is 0 Å². The minimum atomic E-state index is 0.255. The standard InChI is InChI=1S/C12H23NO/c1-10(2)9-13-12(14)8-11-6-4-3-5-7-11/h10-11H,3-9H2,1-2H3,(H,13,14). The van der Waals surface area contributed by atoms with Gasteiger partial charge in [0.25, 0.3) is 0 Å². The molecule has 0 bridgehead atoms. The van der Waals surface area contributed by atoms with Crippen LogP contribution in [0, 0.1) is 11.8 Å². The molecule has 1 amide bonds. The smallest absolute Gasteiger partial charge is 0.220 e. The fourth-order valence-electron chi connectivity index (χ4n) is 2.04. The summed E-state index contributed by atoms with van der Waals surface area (Å²) in [5.74, 6) is 1.48. The lowest BCUT2D eigenvalue weighted by molar-refractivity contribution is -0.122. The zero-order valence-corrected chi connectivity index (χ0v) is 9.51. The fraction of sp³-hybridized carbons (Fsp3) is 0.917. The lowest BCUT2D eigenvalue weighted by Gasteiger charge is -2.21. The average Bonchev–Trinajstić information content (AvgIpc) is 2.16. The molecule has 0 atom stereocenters. The van der Waals surface area contributed by atoms with E-state index in [4.69, 9.17) is 0 Å². The van der Waals surface area contributed by atoms with Crippen LogP contribution in [0.3, 0.4) is 0 Å². The summed E-state index contributed by atoms with van der Waals surface area (Å²) in [6.45, 7) is 5.08. The first-order chi connectivity index (χ1) is 6.68. The van der Waals surface area contributed by atoms with Crippen LogP contribution in [0.2, 0.25) is 0 Å². The molecule has 0 aromatic heterocycles. The third-order valence-electron chi connectivity index (χ3n) is 2.91. The number of carbonyl (C=O) groups is 1. The normalized spacial score (nSPS) is 18.5. The van der Waals surface area contributed by atoms with E-state index in [-0.39, 0.29) is 5.91 Å². The van der Waals surface area contributed by atoms with E-state index in [1.165, 1.54) is 32.1 Å². The molecule has 0 spiro atoms. The minimum Gasteiger partial charge on any atom is -0.356 e. The number of hydrogen-bond donors (Lipinski definition) is 1. The zero-order chi connectivity index (χ0) is 10.4. The highest BCUT2D eigenvalue weighted by molar-refractivity contribution is 5.76. The predicted molar refractivity (Wildman–Crippen MR) is 59.0 cm³/mol. The van der Waals surface area contributed by atoms with Crippen LogP contribution in [-0.4, -0.2) is 12.5 Å². The molecule has 14 heavy (non-hydrogen) atoms. The SMILES string of the molecule is CC(C)CNC(=O)CC1CCCCC1. The highest BCUT2D eigenvalue weighted by Gasteiger charge is 2.16. The third-order valence-corrected chi connectivity index (χ3v) is 2.91. The molecule has 82 valence electrons. The van der Waals surface area contributed by atoms with E-state index in [2.05, 4.69) is 19.2 Å². The van der Waals surface area contributed by atoms with E-state index in [9.17, 15) is 4.79 Å². The number of carbonyl (C=O) groups excluding carboxylic acids is 1. The molecular weight excluding hydrogens is 174 g/mol. The molecule has 0 saturated heterocycles. The second kappa shape index (κ2) is 6.05. The Morgan fingerprint density at radius 1 is 1.29 bits per heavy atom. The number of hydrogen-bond acceptors (Lipinski definition) is 1. The number of rotatable bonds is 4. The van der Waals surface area contributed by atoms with Crippen LogP contribution in [0.1, 0.15) is 52.4 Å². The van der Waals surface area contributed by atoms with Crippen LogP contribution in [0.15, 0.2) is 0 Å². The molecular formula is C12H23NO. The number of amides is 1. The maximum atomic E-state index is 11.5. The summed E-state index contributed by atoms with van der Waals surface area (Å²) in [6.07, 6.45) is 7.28. The van der Waals surface area contributed by atoms with Crippen LogP contribution in [-0.2, 0) is 4.79 Å². The van der Waals surface area contributed by atoms with Gasteiger partial charge in [0.1, 0.15) is 0 Å². The highest BCUT2D eigenvalue weighted by Crippen LogP contribution is 2.25. The quantitative estimate of drug-likeness (QED) is 0.737. The van der Waals surface area contributed by atoms with Gasteiger partial charge in [-0.3, -0.25) is 4.79 Å². The van der Waals surface area contributed by atoms with Crippen molar-refractivity contribution in [2.45, 2.75) is 52.4 Å². The average molecular weight is 197 g/mol. The Labute approximate surface area is 87.5 Å². The Morgan fingerprint density at radius 2 is 1.93 bits per heavy atom. The summed E-state index contributed by atoms with van der Waals surface area (Å²) in [7, 11) is 0. The first-order valence-electron chi connectivity index (χ1n) is 5.95. The molecule has 1 saturated carbocycles. The summed E-state index contributed by atoms with van der Waals surface area (Å²) in [6, 6.07) is 0. The van der Waals surface area contributed by atoms with Gasteiger partial charge in [0.15, 0.2) is 0 Å². The Bertz CT molecular complexity index is 171. The second-order valence-electron chi connectivity index (χ2n) is 4.91. The van der Waals surface area contributed by atoms with Crippen LogP contribution in [0.5, 0.6) is 0 Å². The van der Waals surface area contributed by atoms with Crippen molar-refractivity contribution in [2.75, 3.05) is 6.54 Å². The summed E-state index contributed by atoms with van der Waals surface area (Å²) < 4.78 is 0. The number of nitrogens with one attached hydrogen (secondary N) is 1. The Hall–Kier alpha value is -0.530.